The van der Waals surface area contributed by atoms with Crippen LogP contribution >= 0.6 is 0 Å². The van der Waals surface area contributed by atoms with E-state index in [-0.39, 0.29) is 0 Å². The second kappa shape index (κ2) is 8.21. The predicted octanol–water partition coefficient (Wildman–Crippen LogP) is 4.12. The molecule has 1 aromatic rings. The molecular formula is C17H30N2. The fourth-order valence-electron chi connectivity index (χ4n) is 2.63. The van der Waals surface area contributed by atoms with Crippen molar-refractivity contribution in [3.63, 3.8) is 0 Å². The molecule has 0 amide bonds. The van der Waals surface area contributed by atoms with Gasteiger partial charge in [0.1, 0.15) is 0 Å². The van der Waals surface area contributed by atoms with Gasteiger partial charge in [-0.3, -0.25) is 0 Å². The maximum Gasteiger partial charge on any atom is 0.0411 e. The van der Waals surface area contributed by atoms with Crippen molar-refractivity contribution < 1.29 is 0 Å². The largest absolute Gasteiger partial charge is 0.371 e. The van der Waals surface area contributed by atoms with Gasteiger partial charge in [-0.2, -0.15) is 0 Å². The first-order valence-corrected chi connectivity index (χ1v) is 7.67. The SMILES string of the molecule is CCCNCc1cc(C)ccc1N(C)C(CC)CC. The van der Waals surface area contributed by atoms with Gasteiger partial charge in [0.15, 0.2) is 0 Å². The number of anilines is 1. The Morgan fingerprint density at radius 3 is 2.42 bits per heavy atom. The fourth-order valence-corrected chi connectivity index (χ4v) is 2.63. The molecule has 1 rings (SSSR count). The predicted molar refractivity (Wildman–Crippen MR) is 85.9 cm³/mol. The highest BCUT2D eigenvalue weighted by Gasteiger charge is 2.14. The molecule has 0 spiro atoms. The van der Waals surface area contributed by atoms with Crippen LogP contribution in [-0.4, -0.2) is 19.6 Å². The molecule has 0 heterocycles. The van der Waals surface area contributed by atoms with Crippen molar-refractivity contribution in [3.8, 4) is 0 Å². The lowest BCUT2D eigenvalue weighted by Crippen LogP contribution is -2.31. The molecule has 0 aliphatic carbocycles. The zero-order valence-electron chi connectivity index (χ0n) is 13.3. The van der Waals surface area contributed by atoms with Crippen molar-refractivity contribution >= 4 is 5.69 Å². The molecule has 0 unspecified atom stereocenters. The maximum absolute atomic E-state index is 3.52. The lowest BCUT2D eigenvalue weighted by molar-refractivity contribution is 0.587. The summed E-state index contributed by atoms with van der Waals surface area (Å²) in [5, 5.41) is 3.52. The Hall–Kier alpha value is -1.02. The van der Waals surface area contributed by atoms with Crippen molar-refractivity contribution in [2.75, 3.05) is 18.5 Å². The first-order chi connectivity index (χ1) is 9.13. The zero-order chi connectivity index (χ0) is 14.3. The molecule has 19 heavy (non-hydrogen) atoms. The maximum atomic E-state index is 3.52. The summed E-state index contributed by atoms with van der Waals surface area (Å²) in [6, 6.07) is 7.44. The van der Waals surface area contributed by atoms with Crippen LogP contribution in [0.1, 0.15) is 51.2 Å². The Labute approximate surface area is 119 Å². The van der Waals surface area contributed by atoms with Gasteiger partial charge in [0.25, 0.3) is 0 Å². The molecule has 0 radical (unpaired) electrons. The number of nitrogens with one attached hydrogen (secondary N) is 1. The highest BCUT2D eigenvalue weighted by Crippen LogP contribution is 2.24. The minimum Gasteiger partial charge on any atom is -0.371 e. The average molecular weight is 262 g/mol. The molecule has 108 valence electrons. The molecule has 0 saturated carbocycles. The van der Waals surface area contributed by atoms with Gasteiger partial charge in [-0.15, -0.1) is 0 Å². The summed E-state index contributed by atoms with van der Waals surface area (Å²) in [5.74, 6) is 0. The van der Waals surface area contributed by atoms with Gasteiger partial charge in [0, 0.05) is 25.3 Å². The molecule has 2 nitrogen and oxygen atoms in total. The van der Waals surface area contributed by atoms with Crippen molar-refractivity contribution in [1.82, 2.24) is 5.32 Å². The topological polar surface area (TPSA) is 15.3 Å². The first kappa shape index (κ1) is 16.0. The molecule has 0 atom stereocenters. The summed E-state index contributed by atoms with van der Waals surface area (Å²) in [4.78, 5) is 2.45. The summed E-state index contributed by atoms with van der Waals surface area (Å²) in [6.45, 7) is 11.0. The second-order valence-electron chi connectivity index (χ2n) is 5.39. The molecule has 2 heteroatoms. The van der Waals surface area contributed by atoms with E-state index in [1.165, 1.54) is 36.1 Å². The number of benzene rings is 1. The van der Waals surface area contributed by atoms with E-state index in [1.807, 2.05) is 0 Å². The molecule has 0 aliphatic heterocycles. The standard InChI is InChI=1S/C17H30N2/c1-6-11-18-13-15-12-14(4)9-10-17(15)19(5)16(7-2)8-3/h9-10,12,16,18H,6-8,11,13H2,1-5H3. The van der Waals surface area contributed by atoms with Crippen LogP contribution in [0.2, 0.25) is 0 Å². The normalized spacial score (nSPS) is 11.1. The quantitative estimate of drug-likeness (QED) is 0.709. The zero-order valence-corrected chi connectivity index (χ0v) is 13.3. The van der Waals surface area contributed by atoms with Crippen molar-refractivity contribution in [1.29, 1.82) is 0 Å². The third-order valence-electron chi connectivity index (χ3n) is 3.85. The lowest BCUT2D eigenvalue weighted by atomic mass is 10.0. The van der Waals surface area contributed by atoms with E-state index >= 15 is 0 Å². The van der Waals surface area contributed by atoms with Gasteiger partial charge < -0.3 is 10.2 Å². The summed E-state index contributed by atoms with van der Waals surface area (Å²) in [6.07, 6.45) is 3.58. The van der Waals surface area contributed by atoms with Gasteiger partial charge in [0.2, 0.25) is 0 Å². The third-order valence-corrected chi connectivity index (χ3v) is 3.85. The van der Waals surface area contributed by atoms with E-state index in [2.05, 4.69) is 63.2 Å². The molecule has 1 aromatic carbocycles. The molecule has 0 fully saturated rings. The van der Waals surface area contributed by atoms with Crippen LogP contribution < -0.4 is 10.2 Å². The van der Waals surface area contributed by atoms with Gasteiger partial charge in [0.05, 0.1) is 0 Å². The minimum atomic E-state index is 0.632. The van der Waals surface area contributed by atoms with Gasteiger partial charge in [-0.05, 0) is 44.4 Å². The third kappa shape index (κ3) is 4.54. The van der Waals surface area contributed by atoms with E-state index in [0.717, 1.165) is 13.1 Å². The molecule has 0 saturated heterocycles. The van der Waals surface area contributed by atoms with Crippen molar-refractivity contribution in [2.45, 2.75) is 59.5 Å². The van der Waals surface area contributed by atoms with Crippen LogP contribution in [0.5, 0.6) is 0 Å². The number of rotatable bonds is 8. The smallest absolute Gasteiger partial charge is 0.0411 e. The van der Waals surface area contributed by atoms with Crippen LogP contribution in [0.3, 0.4) is 0 Å². The molecule has 0 bridgehead atoms. The molecular weight excluding hydrogens is 232 g/mol. The van der Waals surface area contributed by atoms with E-state index in [0.29, 0.717) is 6.04 Å². The molecule has 0 aliphatic rings. The van der Waals surface area contributed by atoms with E-state index in [1.54, 1.807) is 0 Å². The highest BCUT2D eigenvalue weighted by molar-refractivity contribution is 5.55. The van der Waals surface area contributed by atoms with E-state index in [4.69, 9.17) is 0 Å². The average Bonchev–Trinajstić information content (AvgIpc) is 2.40. The Kier molecular flexibility index (Phi) is 6.93. The molecule has 1 N–H and O–H groups in total. The van der Waals surface area contributed by atoms with Crippen molar-refractivity contribution in [3.05, 3.63) is 29.3 Å². The fraction of sp³-hybridized carbons (Fsp3) is 0.647. The summed E-state index contributed by atoms with van der Waals surface area (Å²) in [5.41, 5.74) is 4.14. The van der Waals surface area contributed by atoms with Crippen LogP contribution in [0, 0.1) is 6.92 Å². The Bertz CT molecular complexity index is 370. The lowest BCUT2D eigenvalue weighted by Gasteiger charge is -2.30. The van der Waals surface area contributed by atoms with Gasteiger partial charge in [-0.1, -0.05) is 38.5 Å². The summed E-state index contributed by atoms with van der Waals surface area (Å²) < 4.78 is 0. The van der Waals surface area contributed by atoms with Gasteiger partial charge >= 0.3 is 0 Å². The molecule has 0 aromatic heterocycles. The van der Waals surface area contributed by atoms with Crippen LogP contribution in [0.15, 0.2) is 18.2 Å². The van der Waals surface area contributed by atoms with Crippen LogP contribution in [0.25, 0.3) is 0 Å². The second-order valence-corrected chi connectivity index (χ2v) is 5.39. The van der Waals surface area contributed by atoms with E-state index < -0.39 is 0 Å². The monoisotopic (exact) mass is 262 g/mol. The number of hydrogen-bond donors (Lipinski definition) is 1. The highest BCUT2D eigenvalue weighted by atomic mass is 15.1. The van der Waals surface area contributed by atoms with E-state index in [9.17, 15) is 0 Å². The minimum absolute atomic E-state index is 0.632. The Balaban J connectivity index is 2.91. The summed E-state index contributed by atoms with van der Waals surface area (Å²) in [7, 11) is 2.23. The number of nitrogens with zero attached hydrogens (tertiary/aromatic N) is 1. The first-order valence-electron chi connectivity index (χ1n) is 7.67. The Morgan fingerprint density at radius 2 is 1.84 bits per heavy atom. The van der Waals surface area contributed by atoms with Crippen molar-refractivity contribution in [2.24, 2.45) is 0 Å². The number of aryl methyl sites for hydroxylation is 1. The van der Waals surface area contributed by atoms with Crippen LogP contribution in [-0.2, 0) is 6.54 Å². The Morgan fingerprint density at radius 1 is 1.16 bits per heavy atom. The summed E-state index contributed by atoms with van der Waals surface area (Å²) >= 11 is 0. The number of hydrogen-bond acceptors (Lipinski definition) is 2. The van der Waals surface area contributed by atoms with Gasteiger partial charge in [-0.25, -0.2) is 0 Å². The van der Waals surface area contributed by atoms with Crippen LogP contribution in [0.4, 0.5) is 5.69 Å².